The van der Waals surface area contributed by atoms with Crippen LogP contribution in [0.5, 0.6) is 0 Å². The SMILES string of the molecule is COC(=O)c1c(F)cc(F)c(C)c1F. The van der Waals surface area contributed by atoms with Crippen LogP contribution in [0.3, 0.4) is 0 Å². The maximum absolute atomic E-state index is 13.2. The van der Waals surface area contributed by atoms with Gasteiger partial charge in [-0.1, -0.05) is 0 Å². The molecule has 0 amide bonds. The van der Waals surface area contributed by atoms with Gasteiger partial charge < -0.3 is 4.74 Å². The zero-order valence-corrected chi connectivity index (χ0v) is 7.53. The fraction of sp³-hybridized carbons (Fsp3) is 0.222. The molecule has 1 rings (SSSR count). The van der Waals surface area contributed by atoms with E-state index in [2.05, 4.69) is 4.74 Å². The molecular weight excluding hydrogens is 197 g/mol. The third-order valence-electron chi connectivity index (χ3n) is 1.79. The highest BCUT2D eigenvalue weighted by Gasteiger charge is 2.22. The van der Waals surface area contributed by atoms with Gasteiger partial charge >= 0.3 is 5.97 Å². The molecule has 0 aromatic heterocycles. The van der Waals surface area contributed by atoms with Crippen LogP contribution >= 0.6 is 0 Å². The molecule has 1 aromatic carbocycles. The summed E-state index contributed by atoms with van der Waals surface area (Å²) in [6.45, 7) is 1.11. The van der Waals surface area contributed by atoms with Gasteiger partial charge in [0.1, 0.15) is 23.0 Å². The number of ether oxygens (including phenoxy) is 1. The normalized spacial score (nSPS) is 10.1. The van der Waals surface area contributed by atoms with Crippen molar-refractivity contribution >= 4 is 5.97 Å². The number of methoxy groups -OCH3 is 1. The molecule has 0 bridgehead atoms. The van der Waals surface area contributed by atoms with Crippen molar-refractivity contribution < 1.29 is 22.7 Å². The molecule has 0 aliphatic heterocycles. The molecule has 0 saturated heterocycles. The summed E-state index contributed by atoms with van der Waals surface area (Å²) in [5, 5.41) is 0. The molecule has 5 heteroatoms. The lowest BCUT2D eigenvalue weighted by Crippen LogP contribution is -2.10. The number of halogens is 3. The molecule has 1 aromatic rings. The van der Waals surface area contributed by atoms with E-state index in [9.17, 15) is 18.0 Å². The molecular formula is C9H7F3O2. The Morgan fingerprint density at radius 2 is 1.86 bits per heavy atom. The maximum atomic E-state index is 13.2. The van der Waals surface area contributed by atoms with E-state index in [-0.39, 0.29) is 0 Å². The van der Waals surface area contributed by atoms with E-state index < -0.39 is 34.5 Å². The van der Waals surface area contributed by atoms with Gasteiger partial charge in [-0.3, -0.25) is 0 Å². The second-order valence-electron chi connectivity index (χ2n) is 2.65. The van der Waals surface area contributed by atoms with Crippen LogP contribution in [-0.2, 0) is 4.74 Å². The Morgan fingerprint density at radius 1 is 1.29 bits per heavy atom. The van der Waals surface area contributed by atoms with Gasteiger partial charge in [-0.05, 0) is 6.92 Å². The van der Waals surface area contributed by atoms with E-state index in [4.69, 9.17) is 0 Å². The summed E-state index contributed by atoms with van der Waals surface area (Å²) in [5.74, 6) is -4.69. The van der Waals surface area contributed by atoms with Gasteiger partial charge in [0.05, 0.1) is 7.11 Å². The molecule has 0 fully saturated rings. The summed E-state index contributed by atoms with van der Waals surface area (Å²) in [6.07, 6.45) is 0. The summed E-state index contributed by atoms with van der Waals surface area (Å²) in [6, 6.07) is 0.449. The lowest BCUT2D eigenvalue weighted by molar-refractivity contribution is 0.0589. The molecule has 0 saturated carbocycles. The van der Waals surface area contributed by atoms with E-state index in [1.54, 1.807) is 0 Å². The molecule has 0 radical (unpaired) electrons. The van der Waals surface area contributed by atoms with Crippen LogP contribution in [0.2, 0.25) is 0 Å². The fourth-order valence-corrected chi connectivity index (χ4v) is 0.978. The summed E-state index contributed by atoms with van der Waals surface area (Å²) in [4.78, 5) is 10.9. The van der Waals surface area contributed by atoms with Crippen LogP contribution in [0, 0.1) is 24.4 Å². The standard InChI is InChI=1S/C9H7F3O2/c1-4-5(10)3-6(11)7(8(4)12)9(13)14-2/h3H,1-2H3. The smallest absolute Gasteiger partial charge is 0.343 e. The van der Waals surface area contributed by atoms with Crippen molar-refractivity contribution in [2.75, 3.05) is 7.11 Å². The van der Waals surface area contributed by atoms with E-state index >= 15 is 0 Å². The molecule has 0 atom stereocenters. The summed E-state index contributed by atoms with van der Waals surface area (Å²) in [5.41, 5.74) is -1.28. The van der Waals surface area contributed by atoms with Crippen molar-refractivity contribution in [3.05, 3.63) is 34.6 Å². The van der Waals surface area contributed by atoms with Gasteiger partial charge in [0, 0.05) is 11.6 Å². The average Bonchev–Trinajstić information content (AvgIpc) is 2.14. The van der Waals surface area contributed by atoms with Gasteiger partial charge in [0.25, 0.3) is 0 Å². The first-order valence-corrected chi connectivity index (χ1v) is 3.71. The Hall–Kier alpha value is -1.52. The van der Waals surface area contributed by atoms with Gasteiger partial charge in [0.15, 0.2) is 0 Å². The van der Waals surface area contributed by atoms with Crippen LogP contribution in [-0.4, -0.2) is 13.1 Å². The van der Waals surface area contributed by atoms with E-state index in [0.717, 1.165) is 14.0 Å². The van der Waals surface area contributed by atoms with Gasteiger partial charge in [-0.2, -0.15) is 0 Å². The predicted molar refractivity (Wildman–Crippen MR) is 42.4 cm³/mol. The van der Waals surface area contributed by atoms with Crippen molar-refractivity contribution in [1.82, 2.24) is 0 Å². The van der Waals surface area contributed by atoms with Crippen molar-refractivity contribution in [3.63, 3.8) is 0 Å². The first-order chi connectivity index (χ1) is 6.49. The third kappa shape index (κ3) is 1.57. The first kappa shape index (κ1) is 10.6. The van der Waals surface area contributed by atoms with Crippen molar-refractivity contribution in [1.29, 1.82) is 0 Å². The molecule has 0 spiro atoms. The lowest BCUT2D eigenvalue weighted by Gasteiger charge is -2.05. The van der Waals surface area contributed by atoms with Crippen LogP contribution in [0.1, 0.15) is 15.9 Å². The number of carbonyl (C=O) groups excluding carboxylic acids is 1. The Morgan fingerprint density at radius 3 is 2.36 bits per heavy atom. The zero-order valence-electron chi connectivity index (χ0n) is 7.53. The number of rotatable bonds is 1. The van der Waals surface area contributed by atoms with Gasteiger partial charge in [-0.25, -0.2) is 18.0 Å². The van der Waals surface area contributed by atoms with Crippen LogP contribution in [0.15, 0.2) is 6.07 Å². The number of hydrogen-bond acceptors (Lipinski definition) is 2. The van der Waals surface area contributed by atoms with E-state index in [0.29, 0.717) is 6.07 Å². The monoisotopic (exact) mass is 204 g/mol. The van der Waals surface area contributed by atoms with E-state index in [1.807, 2.05) is 0 Å². The van der Waals surface area contributed by atoms with Crippen LogP contribution in [0.25, 0.3) is 0 Å². The Labute approximate surface area is 78.3 Å². The highest BCUT2D eigenvalue weighted by atomic mass is 19.1. The highest BCUT2D eigenvalue weighted by Crippen LogP contribution is 2.20. The minimum Gasteiger partial charge on any atom is -0.465 e. The molecule has 76 valence electrons. The second-order valence-corrected chi connectivity index (χ2v) is 2.65. The molecule has 0 unspecified atom stereocenters. The lowest BCUT2D eigenvalue weighted by atomic mass is 10.1. The predicted octanol–water partition coefficient (Wildman–Crippen LogP) is 2.20. The molecule has 0 N–H and O–H groups in total. The molecule has 0 heterocycles. The minimum atomic E-state index is -1.27. The number of esters is 1. The van der Waals surface area contributed by atoms with Crippen molar-refractivity contribution in [2.45, 2.75) is 6.92 Å². The molecule has 0 aliphatic rings. The number of benzene rings is 1. The summed E-state index contributed by atoms with van der Waals surface area (Å²) in [7, 11) is 0.986. The fourth-order valence-electron chi connectivity index (χ4n) is 0.978. The maximum Gasteiger partial charge on any atom is 0.343 e. The van der Waals surface area contributed by atoms with Crippen molar-refractivity contribution in [2.24, 2.45) is 0 Å². The summed E-state index contributed by atoms with van der Waals surface area (Å²) < 4.78 is 43.0. The minimum absolute atomic E-state index is 0.410. The topological polar surface area (TPSA) is 26.3 Å². The Bertz CT molecular complexity index is 388. The van der Waals surface area contributed by atoms with Gasteiger partial charge in [0.2, 0.25) is 0 Å². The van der Waals surface area contributed by atoms with Crippen molar-refractivity contribution in [3.8, 4) is 0 Å². The Kier molecular flexibility index (Phi) is 2.78. The first-order valence-electron chi connectivity index (χ1n) is 3.71. The quantitative estimate of drug-likeness (QED) is 0.655. The van der Waals surface area contributed by atoms with E-state index in [1.165, 1.54) is 0 Å². The number of carbonyl (C=O) groups is 1. The third-order valence-corrected chi connectivity index (χ3v) is 1.79. The molecule has 14 heavy (non-hydrogen) atoms. The van der Waals surface area contributed by atoms with Crippen LogP contribution in [0.4, 0.5) is 13.2 Å². The zero-order chi connectivity index (χ0) is 10.9. The highest BCUT2D eigenvalue weighted by molar-refractivity contribution is 5.90. The second kappa shape index (κ2) is 3.69. The largest absolute Gasteiger partial charge is 0.465 e. The summed E-state index contributed by atoms with van der Waals surface area (Å²) >= 11 is 0. The molecule has 2 nitrogen and oxygen atoms in total. The van der Waals surface area contributed by atoms with Crippen LogP contribution < -0.4 is 0 Å². The Balaban J connectivity index is 3.44. The van der Waals surface area contributed by atoms with Gasteiger partial charge in [-0.15, -0.1) is 0 Å². The average molecular weight is 204 g/mol. The number of hydrogen-bond donors (Lipinski definition) is 0. The molecule has 0 aliphatic carbocycles.